The minimum atomic E-state index is -0.126. The minimum Gasteiger partial charge on any atom is -0.395 e. The fourth-order valence-electron chi connectivity index (χ4n) is 1.78. The van der Waals surface area contributed by atoms with Gasteiger partial charge in [-0.05, 0) is 31.2 Å². The zero-order valence-corrected chi connectivity index (χ0v) is 13.9. The molecule has 0 saturated carbocycles. The molecule has 0 saturated heterocycles. The molecule has 0 bridgehead atoms. The number of carbonyl (C=O) groups is 1. The third kappa shape index (κ3) is 6.22. The smallest absolute Gasteiger partial charge is 0.238 e. The molecule has 0 atom stereocenters. The summed E-state index contributed by atoms with van der Waals surface area (Å²) in [5.74, 6) is -0.126. The lowest BCUT2D eigenvalue weighted by Gasteiger charge is -2.20. The van der Waals surface area contributed by atoms with Crippen molar-refractivity contribution < 1.29 is 9.90 Å². The van der Waals surface area contributed by atoms with Crippen LogP contribution in [0.25, 0.3) is 0 Å². The van der Waals surface area contributed by atoms with E-state index in [1.165, 1.54) is 0 Å². The summed E-state index contributed by atoms with van der Waals surface area (Å²) in [6.07, 6.45) is 2.06. The molecule has 0 fully saturated rings. The molecule has 112 valence electrons. The Morgan fingerprint density at radius 2 is 2.20 bits per heavy atom. The summed E-state index contributed by atoms with van der Waals surface area (Å²) >= 11 is 9.38. The number of aliphatic hydroxyl groups excluding tert-OH is 1. The highest BCUT2D eigenvalue weighted by atomic mass is 79.9. The number of benzene rings is 1. The van der Waals surface area contributed by atoms with E-state index in [1.807, 2.05) is 11.0 Å². The SMILES string of the molecule is CCCCN(CCO)CC(=O)Nc1ccc(Br)cc1Cl. The van der Waals surface area contributed by atoms with Gasteiger partial charge in [-0.3, -0.25) is 9.69 Å². The molecule has 1 amide bonds. The van der Waals surface area contributed by atoms with E-state index in [1.54, 1.807) is 12.1 Å². The van der Waals surface area contributed by atoms with Gasteiger partial charge in [0.2, 0.25) is 5.91 Å². The van der Waals surface area contributed by atoms with E-state index >= 15 is 0 Å². The van der Waals surface area contributed by atoms with Crippen LogP contribution in [0.2, 0.25) is 5.02 Å². The van der Waals surface area contributed by atoms with E-state index in [4.69, 9.17) is 16.7 Å². The van der Waals surface area contributed by atoms with Crippen LogP contribution in [0.15, 0.2) is 22.7 Å². The molecule has 20 heavy (non-hydrogen) atoms. The molecular formula is C14H20BrClN2O2. The maximum atomic E-state index is 12.0. The van der Waals surface area contributed by atoms with E-state index < -0.39 is 0 Å². The summed E-state index contributed by atoms with van der Waals surface area (Å²) in [5.41, 5.74) is 0.597. The van der Waals surface area contributed by atoms with Gasteiger partial charge in [0.05, 0.1) is 23.9 Å². The first-order chi connectivity index (χ1) is 9.56. The molecular weight excluding hydrogens is 344 g/mol. The van der Waals surface area contributed by atoms with Gasteiger partial charge in [0.25, 0.3) is 0 Å². The van der Waals surface area contributed by atoms with Crippen LogP contribution in [0.5, 0.6) is 0 Å². The van der Waals surface area contributed by atoms with E-state index in [-0.39, 0.29) is 19.1 Å². The number of rotatable bonds is 8. The van der Waals surface area contributed by atoms with Crippen molar-refractivity contribution in [1.29, 1.82) is 0 Å². The third-order valence-corrected chi connectivity index (χ3v) is 3.62. The van der Waals surface area contributed by atoms with Crippen molar-refractivity contribution in [3.8, 4) is 0 Å². The molecule has 0 aliphatic rings. The number of amides is 1. The van der Waals surface area contributed by atoms with Gasteiger partial charge in [-0.2, -0.15) is 0 Å². The summed E-state index contributed by atoms with van der Waals surface area (Å²) in [7, 11) is 0. The number of anilines is 1. The first-order valence-corrected chi connectivity index (χ1v) is 7.82. The quantitative estimate of drug-likeness (QED) is 0.746. The van der Waals surface area contributed by atoms with Crippen LogP contribution in [0, 0.1) is 0 Å². The monoisotopic (exact) mass is 362 g/mol. The van der Waals surface area contributed by atoms with Gasteiger partial charge >= 0.3 is 0 Å². The predicted molar refractivity (Wildman–Crippen MR) is 86.2 cm³/mol. The third-order valence-electron chi connectivity index (χ3n) is 2.82. The number of halogens is 2. The van der Waals surface area contributed by atoms with Gasteiger partial charge in [-0.15, -0.1) is 0 Å². The van der Waals surface area contributed by atoms with E-state index in [9.17, 15) is 4.79 Å². The molecule has 1 aromatic carbocycles. The van der Waals surface area contributed by atoms with E-state index in [0.29, 0.717) is 17.3 Å². The number of nitrogens with zero attached hydrogens (tertiary/aromatic N) is 1. The minimum absolute atomic E-state index is 0.0516. The average Bonchev–Trinajstić information content (AvgIpc) is 2.39. The fourth-order valence-corrected chi connectivity index (χ4v) is 2.50. The molecule has 0 radical (unpaired) electrons. The molecule has 1 rings (SSSR count). The van der Waals surface area contributed by atoms with Crippen molar-refractivity contribution in [2.24, 2.45) is 0 Å². The van der Waals surface area contributed by atoms with Gasteiger partial charge in [0.1, 0.15) is 0 Å². The maximum absolute atomic E-state index is 12.0. The van der Waals surface area contributed by atoms with Crippen molar-refractivity contribution in [2.75, 3.05) is 31.6 Å². The van der Waals surface area contributed by atoms with Crippen molar-refractivity contribution >= 4 is 39.1 Å². The van der Waals surface area contributed by atoms with Crippen LogP contribution < -0.4 is 5.32 Å². The summed E-state index contributed by atoms with van der Waals surface area (Å²) in [6, 6.07) is 5.32. The van der Waals surface area contributed by atoms with Crippen molar-refractivity contribution in [3.05, 3.63) is 27.7 Å². The molecule has 0 aromatic heterocycles. The summed E-state index contributed by atoms with van der Waals surface area (Å²) in [6.45, 7) is 3.71. The molecule has 2 N–H and O–H groups in total. The molecule has 6 heteroatoms. The van der Waals surface area contributed by atoms with Crippen LogP contribution in [-0.4, -0.2) is 42.2 Å². The van der Waals surface area contributed by atoms with Gasteiger partial charge in [0.15, 0.2) is 0 Å². The van der Waals surface area contributed by atoms with Crippen LogP contribution in [0.1, 0.15) is 19.8 Å². The van der Waals surface area contributed by atoms with Crippen LogP contribution in [-0.2, 0) is 4.79 Å². The second-order valence-corrected chi connectivity index (χ2v) is 5.85. The van der Waals surface area contributed by atoms with Gasteiger partial charge < -0.3 is 10.4 Å². The Bertz CT molecular complexity index is 443. The number of nitrogens with one attached hydrogen (secondary N) is 1. The maximum Gasteiger partial charge on any atom is 0.238 e. The Labute approximate surface area is 133 Å². The molecule has 4 nitrogen and oxygen atoms in total. The Kier molecular flexibility index (Phi) is 8.14. The molecule has 0 aliphatic heterocycles. The van der Waals surface area contributed by atoms with Crippen LogP contribution in [0.3, 0.4) is 0 Å². The lowest BCUT2D eigenvalue weighted by Crippen LogP contribution is -2.36. The Balaban J connectivity index is 2.55. The number of aliphatic hydroxyl groups is 1. The molecule has 0 unspecified atom stereocenters. The zero-order valence-electron chi connectivity index (χ0n) is 11.5. The van der Waals surface area contributed by atoms with Gasteiger partial charge in [-0.1, -0.05) is 40.9 Å². The summed E-state index contributed by atoms with van der Waals surface area (Å²) < 4.78 is 0.866. The largest absolute Gasteiger partial charge is 0.395 e. The highest BCUT2D eigenvalue weighted by Gasteiger charge is 2.11. The summed E-state index contributed by atoms with van der Waals surface area (Å²) in [5, 5.41) is 12.3. The zero-order chi connectivity index (χ0) is 15.0. The van der Waals surface area contributed by atoms with Crippen molar-refractivity contribution in [3.63, 3.8) is 0 Å². The fraction of sp³-hybridized carbons (Fsp3) is 0.500. The number of hydrogen-bond donors (Lipinski definition) is 2. The normalized spacial score (nSPS) is 10.8. The predicted octanol–water partition coefficient (Wildman–Crippen LogP) is 3.14. The number of unbranched alkanes of at least 4 members (excludes halogenated alkanes) is 1. The average molecular weight is 364 g/mol. The molecule has 0 heterocycles. The topological polar surface area (TPSA) is 52.6 Å². The lowest BCUT2D eigenvalue weighted by atomic mass is 10.3. The van der Waals surface area contributed by atoms with E-state index in [2.05, 4.69) is 28.2 Å². The molecule has 1 aromatic rings. The first kappa shape index (κ1) is 17.4. The number of hydrogen-bond acceptors (Lipinski definition) is 3. The first-order valence-electron chi connectivity index (χ1n) is 6.65. The molecule has 0 aliphatic carbocycles. The Hall–Kier alpha value is -0.620. The van der Waals surface area contributed by atoms with Crippen LogP contribution >= 0.6 is 27.5 Å². The highest BCUT2D eigenvalue weighted by molar-refractivity contribution is 9.10. The molecule has 0 spiro atoms. The second kappa shape index (κ2) is 9.34. The van der Waals surface area contributed by atoms with Crippen molar-refractivity contribution in [1.82, 2.24) is 4.90 Å². The lowest BCUT2D eigenvalue weighted by molar-refractivity contribution is -0.117. The van der Waals surface area contributed by atoms with Gasteiger partial charge in [-0.25, -0.2) is 0 Å². The second-order valence-electron chi connectivity index (χ2n) is 4.53. The summed E-state index contributed by atoms with van der Waals surface area (Å²) in [4.78, 5) is 13.9. The number of carbonyl (C=O) groups excluding carboxylic acids is 1. The standard InChI is InChI=1S/C14H20BrClN2O2/c1-2-3-6-18(7-8-19)10-14(20)17-13-5-4-11(15)9-12(13)16/h4-5,9,19H,2-3,6-8,10H2,1H3,(H,17,20). The van der Waals surface area contributed by atoms with Gasteiger partial charge in [0, 0.05) is 11.0 Å². The Morgan fingerprint density at radius 1 is 1.45 bits per heavy atom. The van der Waals surface area contributed by atoms with E-state index in [0.717, 1.165) is 23.9 Å². The Morgan fingerprint density at radius 3 is 2.80 bits per heavy atom. The van der Waals surface area contributed by atoms with Crippen LogP contribution in [0.4, 0.5) is 5.69 Å². The highest BCUT2D eigenvalue weighted by Crippen LogP contribution is 2.25. The van der Waals surface area contributed by atoms with Crippen molar-refractivity contribution in [2.45, 2.75) is 19.8 Å².